The van der Waals surface area contributed by atoms with Gasteiger partial charge in [0.25, 0.3) is 0 Å². The molecule has 47 heavy (non-hydrogen) atoms. The van der Waals surface area contributed by atoms with Gasteiger partial charge in [0, 0.05) is 11.8 Å². The molecule has 0 aliphatic carbocycles. The molecule has 2 rings (SSSR count). The largest absolute Gasteiger partial charge is 4.00 e. The Morgan fingerprint density at radius 2 is 0.787 bits per heavy atom. The molecule has 0 saturated carbocycles. The SMILES string of the molecule is CCc1ccc(-c2ccccc2)nc1.O=S(=O)([O-])C(F)(F)F.O=S(=O)([O-])C(F)(F)F.O=S(=O)([O-])C(F)(F)F.O=S(=O)([O-])C(F)(F)F.[Ir+4]. The maximum Gasteiger partial charge on any atom is 4.00 e. The van der Waals surface area contributed by atoms with Crippen LogP contribution in [0.5, 0.6) is 0 Å². The number of rotatable bonds is 2. The Balaban J connectivity index is -0.000000252. The van der Waals surface area contributed by atoms with Gasteiger partial charge in [0.2, 0.25) is 0 Å². The van der Waals surface area contributed by atoms with E-state index in [1.165, 1.54) is 11.1 Å². The summed E-state index contributed by atoms with van der Waals surface area (Å²) in [5.74, 6) is 0. The van der Waals surface area contributed by atoms with E-state index in [1.807, 2.05) is 24.4 Å². The van der Waals surface area contributed by atoms with Gasteiger partial charge in [0.05, 0.1) is 5.69 Å². The number of hydrogen-bond acceptors (Lipinski definition) is 13. The van der Waals surface area contributed by atoms with Crippen LogP contribution in [-0.2, 0) is 67.0 Å². The molecule has 2 aromatic rings. The van der Waals surface area contributed by atoms with Crippen molar-refractivity contribution in [1.82, 2.24) is 4.98 Å². The molecular weight excluding hydrogens is 959 g/mol. The van der Waals surface area contributed by atoms with Crippen LogP contribution in [-0.4, -0.2) is 78.9 Å². The predicted octanol–water partition coefficient (Wildman–Crippen LogP) is 3.51. The minimum Gasteiger partial charge on any atom is -0.741 e. The second-order valence-electron chi connectivity index (χ2n) is 6.87. The van der Waals surface area contributed by atoms with E-state index in [2.05, 4.69) is 36.2 Å². The number of nitrogens with zero attached hydrogens (tertiary/aromatic N) is 1. The molecule has 1 aromatic heterocycles. The van der Waals surface area contributed by atoms with Crippen molar-refractivity contribution in [2.45, 2.75) is 35.4 Å². The zero-order valence-electron chi connectivity index (χ0n) is 21.7. The van der Waals surface area contributed by atoms with Gasteiger partial charge < -0.3 is 18.2 Å². The topological polar surface area (TPSA) is 242 Å². The summed E-state index contributed by atoms with van der Waals surface area (Å²) in [7, 11) is -24.4. The van der Waals surface area contributed by atoms with Crippen molar-refractivity contribution < 1.29 is 125 Å². The van der Waals surface area contributed by atoms with Crippen LogP contribution in [0.25, 0.3) is 11.3 Å². The summed E-state index contributed by atoms with van der Waals surface area (Å²) in [5.41, 5.74) is -19.1. The van der Waals surface area contributed by atoms with Crippen molar-refractivity contribution in [2.24, 2.45) is 0 Å². The number of alkyl halides is 12. The van der Waals surface area contributed by atoms with E-state index in [0.717, 1.165) is 12.1 Å². The van der Waals surface area contributed by atoms with Crippen LogP contribution in [0.4, 0.5) is 52.7 Å². The molecule has 30 heteroatoms. The Hall–Kier alpha value is -2.18. The normalized spacial score (nSPS) is 12.5. The summed E-state index contributed by atoms with van der Waals surface area (Å²) in [6.07, 6.45) is 2.99. The minimum absolute atomic E-state index is 0. The molecule has 0 bridgehead atoms. The number of benzene rings is 1. The number of aryl methyl sites for hydroxylation is 1. The van der Waals surface area contributed by atoms with Gasteiger partial charge in [-0.25, -0.2) is 33.7 Å². The van der Waals surface area contributed by atoms with Gasteiger partial charge in [-0.2, -0.15) is 52.7 Å². The summed E-state index contributed by atoms with van der Waals surface area (Å²) in [6.45, 7) is 2.14. The van der Waals surface area contributed by atoms with Crippen molar-refractivity contribution in [2.75, 3.05) is 0 Å². The second kappa shape index (κ2) is 19.1. The molecule has 13 nitrogen and oxygen atoms in total. The molecule has 275 valence electrons. The number of halogens is 12. The third-order valence-corrected chi connectivity index (χ3v) is 5.70. The van der Waals surface area contributed by atoms with Crippen LogP contribution >= 0.6 is 0 Å². The third-order valence-electron chi connectivity index (χ3n) is 3.44. The van der Waals surface area contributed by atoms with Gasteiger partial charge in [0.1, 0.15) is 0 Å². The Bertz CT molecular complexity index is 1480. The van der Waals surface area contributed by atoms with Gasteiger partial charge >= 0.3 is 42.1 Å². The fraction of sp³-hybridized carbons (Fsp3) is 0.353. The van der Waals surface area contributed by atoms with Crippen molar-refractivity contribution in [1.29, 1.82) is 0 Å². The monoisotopic (exact) mass is 972 g/mol. The molecule has 0 amide bonds. The van der Waals surface area contributed by atoms with Crippen LogP contribution in [0.15, 0.2) is 48.7 Å². The van der Waals surface area contributed by atoms with Crippen molar-refractivity contribution in [3.05, 3.63) is 54.2 Å². The fourth-order valence-corrected chi connectivity index (χ4v) is 1.41. The van der Waals surface area contributed by atoms with E-state index in [9.17, 15) is 52.7 Å². The number of aromatic nitrogens is 1. The third kappa shape index (κ3) is 22.9. The summed E-state index contributed by atoms with van der Waals surface area (Å²) >= 11 is 0. The predicted molar refractivity (Wildman–Crippen MR) is 122 cm³/mol. The first-order valence-corrected chi connectivity index (χ1v) is 15.6. The molecule has 0 unspecified atom stereocenters. The first kappa shape index (κ1) is 51.6. The standard InChI is InChI=1S/C13H13N.4CHF3O3S.Ir/c1-2-11-8-9-13(14-10-11)12-6-4-3-5-7-12;4*2-1(3,4)8(5,6)7;/h3-10H,2H2,1H3;4*(H,5,6,7);/q;;;;;+4/p-4. The van der Waals surface area contributed by atoms with Gasteiger partial charge in [-0.3, -0.25) is 4.98 Å². The summed E-state index contributed by atoms with van der Waals surface area (Å²) < 4.78 is 236. The van der Waals surface area contributed by atoms with Crippen molar-refractivity contribution in [3.63, 3.8) is 0 Å². The molecule has 0 saturated heterocycles. The van der Waals surface area contributed by atoms with Crippen LogP contribution in [0, 0.1) is 0 Å². The summed E-state index contributed by atoms with van der Waals surface area (Å²) in [4.78, 5) is 4.42. The van der Waals surface area contributed by atoms with Gasteiger partial charge in [-0.15, -0.1) is 0 Å². The van der Waals surface area contributed by atoms with E-state index >= 15 is 0 Å². The number of hydrogen-bond donors (Lipinski definition) is 0. The Kier molecular flexibility index (Phi) is 21.0. The van der Waals surface area contributed by atoms with Crippen LogP contribution in [0.2, 0.25) is 0 Å². The van der Waals surface area contributed by atoms with Crippen LogP contribution in [0.1, 0.15) is 12.5 Å². The fourth-order valence-electron chi connectivity index (χ4n) is 1.41. The van der Waals surface area contributed by atoms with E-state index < -0.39 is 62.5 Å². The molecule has 0 N–H and O–H groups in total. The van der Waals surface area contributed by atoms with Crippen LogP contribution in [0.3, 0.4) is 0 Å². The molecule has 0 aliphatic heterocycles. The zero-order valence-corrected chi connectivity index (χ0v) is 27.3. The smallest absolute Gasteiger partial charge is 0.741 e. The number of pyridine rings is 1. The van der Waals surface area contributed by atoms with E-state index in [-0.39, 0.29) is 20.1 Å². The van der Waals surface area contributed by atoms with E-state index in [1.54, 1.807) is 0 Å². The first-order valence-electron chi connectivity index (χ1n) is 9.99. The molecule has 0 fully saturated rings. The van der Waals surface area contributed by atoms with Gasteiger partial charge in [-0.05, 0) is 18.1 Å². The molecule has 0 aliphatic rings. The Morgan fingerprint density at radius 3 is 0.957 bits per heavy atom. The molecule has 0 spiro atoms. The average Bonchev–Trinajstić information content (AvgIpc) is 2.81. The zero-order chi connectivity index (χ0) is 37.8. The molecule has 1 radical (unpaired) electrons. The van der Waals surface area contributed by atoms with E-state index in [4.69, 9.17) is 51.9 Å². The first-order chi connectivity index (χ1) is 19.9. The second-order valence-corrected chi connectivity index (χ2v) is 12.4. The van der Waals surface area contributed by atoms with Gasteiger partial charge in [0.15, 0.2) is 40.5 Å². The maximum absolute atomic E-state index is 10.7. The molecular formula is C17H13F12IrNO12S4. The minimum atomic E-state index is -6.09. The Labute approximate surface area is 270 Å². The summed E-state index contributed by atoms with van der Waals surface area (Å²) in [6, 6.07) is 14.4. The van der Waals surface area contributed by atoms with Crippen LogP contribution < -0.4 is 0 Å². The quantitative estimate of drug-likeness (QED) is 0.238. The van der Waals surface area contributed by atoms with Crippen molar-refractivity contribution in [3.8, 4) is 11.3 Å². The van der Waals surface area contributed by atoms with Gasteiger partial charge in [-0.1, -0.05) is 43.3 Å². The summed E-state index contributed by atoms with van der Waals surface area (Å²) in [5, 5.41) is 0. The Morgan fingerprint density at radius 1 is 0.532 bits per heavy atom. The average molecular weight is 972 g/mol. The maximum atomic E-state index is 10.7. The molecule has 0 atom stereocenters. The van der Waals surface area contributed by atoms with Crippen molar-refractivity contribution >= 4 is 40.5 Å². The molecule has 1 aromatic carbocycles. The van der Waals surface area contributed by atoms with E-state index in [0.29, 0.717) is 0 Å². The molecule has 1 heterocycles.